The molecule has 1 aromatic rings. The van der Waals surface area contributed by atoms with E-state index in [1.54, 1.807) is 0 Å². The summed E-state index contributed by atoms with van der Waals surface area (Å²) in [6.45, 7) is 0. The first kappa shape index (κ1) is 11.5. The fraction of sp³-hybridized carbons (Fsp3) is 0.333. The zero-order valence-corrected chi connectivity index (χ0v) is 8.82. The molecule has 0 saturated carbocycles. The molecule has 0 aromatic carbocycles. The highest BCUT2D eigenvalue weighted by molar-refractivity contribution is 7.84. The summed E-state index contributed by atoms with van der Waals surface area (Å²) in [4.78, 5) is 11.1. The molecule has 0 bridgehead atoms. The van der Waals surface area contributed by atoms with Crippen molar-refractivity contribution in [2.75, 3.05) is 7.11 Å². The molecule has 15 heavy (non-hydrogen) atoms. The van der Waals surface area contributed by atoms with Crippen LogP contribution in [0.2, 0.25) is 0 Å². The number of aromatic nitrogens is 2. The Bertz CT molecular complexity index is 477. The molecule has 1 aromatic heterocycles. The number of nitrogens with two attached hydrogens (primary N) is 1. The molecule has 1 rings (SSSR count). The van der Waals surface area contributed by atoms with Crippen molar-refractivity contribution in [1.82, 2.24) is 9.78 Å². The molecule has 0 atom stereocenters. The maximum Gasteiger partial charge on any atom is 0.381 e. The van der Waals surface area contributed by atoms with Crippen molar-refractivity contribution < 1.29 is 22.1 Å². The maximum atomic E-state index is 11.1. The van der Waals surface area contributed by atoms with Gasteiger partial charge in [-0.05, 0) is 0 Å². The van der Waals surface area contributed by atoms with E-state index in [4.69, 9.17) is 0 Å². The molecule has 8 nitrogen and oxygen atoms in total. The van der Waals surface area contributed by atoms with Gasteiger partial charge < -0.3 is 8.92 Å². The summed E-state index contributed by atoms with van der Waals surface area (Å²) in [5.41, 5.74) is -0.117. The first-order valence-electron chi connectivity index (χ1n) is 3.67. The van der Waals surface area contributed by atoms with Gasteiger partial charge in [0, 0.05) is 7.05 Å². The van der Waals surface area contributed by atoms with E-state index in [1.807, 2.05) is 0 Å². The van der Waals surface area contributed by atoms with Crippen LogP contribution in [0.5, 0.6) is 5.88 Å². The summed E-state index contributed by atoms with van der Waals surface area (Å²) in [5.74, 6) is -1.05. The zero-order valence-electron chi connectivity index (χ0n) is 8.00. The maximum absolute atomic E-state index is 11.1. The molecule has 0 saturated heterocycles. The SMILES string of the molecule is COC(=O)c1cnn(C)c1OS(N)(=O)=O. The van der Waals surface area contributed by atoms with Crippen LogP contribution in [0.3, 0.4) is 0 Å². The molecular formula is C6H9N3O5S. The summed E-state index contributed by atoms with van der Waals surface area (Å²) in [7, 11) is -1.66. The lowest BCUT2D eigenvalue weighted by molar-refractivity contribution is 0.0598. The van der Waals surface area contributed by atoms with Gasteiger partial charge in [-0.25, -0.2) is 9.48 Å². The lowest BCUT2D eigenvalue weighted by atomic mass is 10.3. The lowest BCUT2D eigenvalue weighted by Gasteiger charge is -2.04. The fourth-order valence-electron chi connectivity index (χ4n) is 0.885. The largest absolute Gasteiger partial charge is 0.465 e. The zero-order chi connectivity index (χ0) is 11.6. The number of aryl methyl sites for hydroxylation is 1. The van der Waals surface area contributed by atoms with Gasteiger partial charge in [-0.15, -0.1) is 0 Å². The first-order chi connectivity index (χ1) is 6.85. The van der Waals surface area contributed by atoms with E-state index < -0.39 is 16.3 Å². The molecule has 0 aliphatic rings. The Morgan fingerprint density at radius 3 is 2.67 bits per heavy atom. The van der Waals surface area contributed by atoms with Crippen molar-refractivity contribution in [1.29, 1.82) is 0 Å². The van der Waals surface area contributed by atoms with Crippen LogP contribution in [0.4, 0.5) is 0 Å². The molecule has 0 aliphatic carbocycles. The molecule has 0 fully saturated rings. The predicted molar refractivity (Wildman–Crippen MR) is 48.3 cm³/mol. The molecule has 0 unspecified atom stereocenters. The van der Waals surface area contributed by atoms with Crippen molar-refractivity contribution in [2.45, 2.75) is 0 Å². The summed E-state index contributed by atoms with van der Waals surface area (Å²) in [5, 5.41) is 8.30. The average Bonchev–Trinajstić information content (AvgIpc) is 2.45. The van der Waals surface area contributed by atoms with Crippen LogP contribution in [0, 0.1) is 0 Å². The molecule has 0 aliphatic heterocycles. The first-order valence-corrected chi connectivity index (χ1v) is 5.15. The Morgan fingerprint density at radius 1 is 1.60 bits per heavy atom. The van der Waals surface area contributed by atoms with Crippen LogP contribution in [0.1, 0.15) is 10.4 Å². The average molecular weight is 235 g/mol. The van der Waals surface area contributed by atoms with Crippen molar-refractivity contribution in [2.24, 2.45) is 12.2 Å². The van der Waals surface area contributed by atoms with Crippen LogP contribution in [-0.4, -0.2) is 31.3 Å². The Kier molecular flexibility index (Phi) is 2.95. The van der Waals surface area contributed by atoms with Gasteiger partial charge in [-0.2, -0.15) is 18.7 Å². The Balaban J connectivity index is 3.16. The predicted octanol–water partition coefficient (Wildman–Crippen LogP) is -1.21. The van der Waals surface area contributed by atoms with Gasteiger partial charge in [0.2, 0.25) is 5.88 Å². The highest BCUT2D eigenvalue weighted by Crippen LogP contribution is 2.18. The number of methoxy groups -OCH3 is 1. The summed E-state index contributed by atoms with van der Waals surface area (Å²) >= 11 is 0. The van der Waals surface area contributed by atoms with E-state index in [0.717, 1.165) is 18.0 Å². The number of hydrogen-bond donors (Lipinski definition) is 1. The van der Waals surface area contributed by atoms with Gasteiger partial charge in [-0.1, -0.05) is 0 Å². The number of nitrogens with zero attached hydrogens (tertiary/aromatic N) is 2. The monoisotopic (exact) mass is 235 g/mol. The Morgan fingerprint density at radius 2 is 2.20 bits per heavy atom. The number of ether oxygens (including phenoxy) is 1. The van der Waals surface area contributed by atoms with E-state index in [9.17, 15) is 13.2 Å². The van der Waals surface area contributed by atoms with E-state index in [-0.39, 0.29) is 11.4 Å². The van der Waals surface area contributed by atoms with Gasteiger partial charge >= 0.3 is 16.3 Å². The van der Waals surface area contributed by atoms with Gasteiger partial charge in [0.15, 0.2) is 0 Å². The topological polar surface area (TPSA) is 114 Å². The van der Waals surface area contributed by atoms with Gasteiger partial charge in [-0.3, -0.25) is 0 Å². The third kappa shape index (κ3) is 2.67. The van der Waals surface area contributed by atoms with Crippen LogP contribution < -0.4 is 9.32 Å². The molecule has 2 N–H and O–H groups in total. The van der Waals surface area contributed by atoms with Crippen LogP contribution in [-0.2, 0) is 22.1 Å². The number of rotatable bonds is 3. The quantitative estimate of drug-likeness (QED) is 0.657. The van der Waals surface area contributed by atoms with Gasteiger partial charge in [0.25, 0.3) is 0 Å². The van der Waals surface area contributed by atoms with E-state index in [2.05, 4.69) is 19.2 Å². The summed E-state index contributed by atoms with van der Waals surface area (Å²) in [6, 6.07) is 0. The van der Waals surface area contributed by atoms with E-state index in [1.165, 1.54) is 7.05 Å². The molecule has 0 spiro atoms. The normalized spacial score (nSPS) is 11.1. The van der Waals surface area contributed by atoms with Gasteiger partial charge in [0.05, 0.1) is 13.3 Å². The second-order valence-electron chi connectivity index (χ2n) is 2.55. The van der Waals surface area contributed by atoms with Crippen LogP contribution in [0.15, 0.2) is 6.20 Å². The van der Waals surface area contributed by atoms with Crippen LogP contribution >= 0.6 is 0 Å². The van der Waals surface area contributed by atoms with E-state index >= 15 is 0 Å². The second kappa shape index (κ2) is 3.87. The molecular weight excluding hydrogens is 226 g/mol. The van der Waals surface area contributed by atoms with Crippen molar-refractivity contribution in [3.63, 3.8) is 0 Å². The number of hydrogen-bond acceptors (Lipinski definition) is 6. The third-order valence-electron chi connectivity index (χ3n) is 1.48. The lowest BCUT2D eigenvalue weighted by Crippen LogP contribution is -2.21. The van der Waals surface area contributed by atoms with Crippen molar-refractivity contribution >= 4 is 16.3 Å². The molecule has 0 amide bonds. The van der Waals surface area contributed by atoms with Gasteiger partial charge in [0.1, 0.15) is 5.56 Å². The summed E-state index contributed by atoms with van der Waals surface area (Å²) in [6.07, 6.45) is 1.12. The van der Waals surface area contributed by atoms with E-state index in [0.29, 0.717) is 0 Å². The standard InChI is InChI=1S/C6H9N3O5S/c1-9-5(14-15(7,11)12)4(3-8-9)6(10)13-2/h3H,1-2H3,(H2,7,11,12). The molecule has 84 valence electrons. The number of carbonyl (C=O) groups excluding carboxylic acids is 1. The number of esters is 1. The smallest absolute Gasteiger partial charge is 0.381 e. The minimum absolute atomic E-state index is 0.117. The minimum Gasteiger partial charge on any atom is -0.465 e. The fourth-order valence-corrected chi connectivity index (χ4v) is 1.30. The third-order valence-corrected chi connectivity index (χ3v) is 1.87. The molecule has 0 radical (unpaired) electrons. The molecule has 9 heteroatoms. The number of carbonyl (C=O) groups is 1. The van der Waals surface area contributed by atoms with Crippen molar-refractivity contribution in [3.8, 4) is 5.88 Å². The summed E-state index contributed by atoms with van der Waals surface area (Å²) < 4.78 is 31.2. The minimum atomic E-state index is -4.20. The Hall–Kier alpha value is -1.61. The Labute approximate surface area is 85.8 Å². The van der Waals surface area contributed by atoms with Crippen LogP contribution in [0.25, 0.3) is 0 Å². The molecule has 1 heterocycles. The second-order valence-corrected chi connectivity index (χ2v) is 3.71. The van der Waals surface area contributed by atoms with Crippen molar-refractivity contribution in [3.05, 3.63) is 11.8 Å². The highest BCUT2D eigenvalue weighted by Gasteiger charge is 2.21. The highest BCUT2D eigenvalue weighted by atomic mass is 32.2.